The Morgan fingerprint density at radius 2 is 1.80 bits per heavy atom. The van der Waals surface area contributed by atoms with Crippen molar-refractivity contribution < 1.29 is 10.2 Å². The standard InChI is InChI=1S/C14H17N3O3/c18-12-7-10-11(8-13(12)19)15-9-17(14(10)20)6-5-16-3-1-2-4-16/h7-9,18-19H,1-6H2. The minimum atomic E-state index is -0.298. The predicted molar refractivity (Wildman–Crippen MR) is 75.0 cm³/mol. The van der Waals surface area contributed by atoms with Gasteiger partial charge in [0.25, 0.3) is 5.56 Å². The molecule has 1 aromatic carbocycles. The van der Waals surface area contributed by atoms with Gasteiger partial charge < -0.3 is 15.1 Å². The summed E-state index contributed by atoms with van der Waals surface area (Å²) >= 11 is 0. The highest BCUT2D eigenvalue weighted by molar-refractivity contribution is 5.81. The summed E-state index contributed by atoms with van der Waals surface area (Å²) in [5, 5.41) is 19.2. The highest BCUT2D eigenvalue weighted by Crippen LogP contribution is 2.27. The second-order valence-electron chi connectivity index (χ2n) is 5.15. The van der Waals surface area contributed by atoms with Gasteiger partial charge in [-0.2, -0.15) is 0 Å². The molecule has 0 aliphatic carbocycles. The topological polar surface area (TPSA) is 78.6 Å². The van der Waals surface area contributed by atoms with E-state index in [0.29, 0.717) is 17.4 Å². The zero-order chi connectivity index (χ0) is 14.1. The van der Waals surface area contributed by atoms with Gasteiger partial charge >= 0.3 is 0 Å². The summed E-state index contributed by atoms with van der Waals surface area (Å²) in [5.41, 5.74) is 0.201. The molecule has 1 aliphatic heterocycles. The predicted octanol–water partition coefficient (Wildman–Crippen LogP) is 0.903. The number of hydrogen-bond donors (Lipinski definition) is 2. The maximum atomic E-state index is 12.3. The Hall–Kier alpha value is -2.08. The molecular formula is C14H17N3O3. The van der Waals surface area contributed by atoms with Crippen molar-refractivity contribution in [2.75, 3.05) is 19.6 Å². The van der Waals surface area contributed by atoms with Crippen molar-refractivity contribution >= 4 is 10.9 Å². The molecule has 1 aliphatic rings. The van der Waals surface area contributed by atoms with Crippen molar-refractivity contribution in [1.82, 2.24) is 14.5 Å². The lowest BCUT2D eigenvalue weighted by Crippen LogP contribution is -2.29. The van der Waals surface area contributed by atoms with Crippen molar-refractivity contribution in [3.63, 3.8) is 0 Å². The zero-order valence-electron chi connectivity index (χ0n) is 11.1. The molecule has 106 valence electrons. The molecule has 0 unspecified atom stereocenters. The van der Waals surface area contributed by atoms with Crippen LogP contribution in [0.5, 0.6) is 11.5 Å². The number of aromatic nitrogens is 2. The van der Waals surface area contributed by atoms with Gasteiger partial charge in [0.15, 0.2) is 11.5 Å². The molecule has 1 aromatic heterocycles. The van der Waals surface area contributed by atoms with Gasteiger partial charge in [-0.05, 0) is 32.0 Å². The maximum Gasteiger partial charge on any atom is 0.261 e. The van der Waals surface area contributed by atoms with Crippen molar-refractivity contribution in [2.45, 2.75) is 19.4 Å². The van der Waals surface area contributed by atoms with Crippen molar-refractivity contribution in [3.05, 3.63) is 28.8 Å². The molecule has 3 rings (SSSR count). The van der Waals surface area contributed by atoms with Crippen LogP contribution in [0, 0.1) is 0 Å². The van der Waals surface area contributed by atoms with Gasteiger partial charge in [0.1, 0.15) is 0 Å². The van der Waals surface area contributed by atoms with Gasteiger partial charge in [-0.15, -0.1) is 0 Å². The van der Waals surface area contributed by atoms with Gasteiger partial charge in [0.05, 0.1) is 17.2 Å². The molecule has 0 spiro atoms. The smallest absolute Gasteiger partial charge is 0.261 e. The Morgan fingerprint density at radius 3 is 2.55 bits per heavy atom. The number of rotatable bonds is 3. The third-order valence-electron chi connectivity index (χ3n) is 3.78. The van der Waals surface area contributed by atoms with Gasteiger partial charge in [-0.25, -0.2) is 4.98 Å². The van der Waals surface area contributed by atoms with Crippen LogP contribution in [0.1, 0.15) is 12.8 Å². The lowest BCUT2D eigenvalue weighted by Gasteiger charge is -2.15. The minimum absolute atomic E-state index is 0.190. The normalized spacial score (nSPS) is 16.0. The quantitative estimate of drug-likeness (QED) is 0.814. The third kappa shape index (κ3) is 2.34. The first kappa shape index (κ1) is 12.9. The van der Waals surface area contributed by atoms with Crippen LogP contribution in [0.3, 0.4) is 0 Å². The number of phenolic OH excluding ortho intramolecular Hbond substituents is 2. The lowest BCUT2D eigenvalue weighted by atomic mass is 10.2. The Morgan fingerprint density at radius 1 is 1.10 bits per heavy atom. The van der Waals surface area contributed by atoms with E-state index in [0.717, 1.165) is 19.6 Å². The Bertz CT molecular complexity index is 690. The number of phenols is 2. The van der Waals surface area contributed by atoms with Crippen molar-refractivity contribution in [2.24, 2.45) is 0 Å². The molecule has 0 atom stereocenters. The lowest BCUT2D eigenvalue weighted by molar-refractivity contribution is 0.320. The number of benzene rings is 1. The van der Waals surface area contributed by atoms with E-state index < -0.39 is 0 Å². The molecule has 0 amide bonds. The number of nitrogens with zero attached hydrogens (tertiary/aromatic N) is 3. The van der Waals surface area contributed by atoms with E-state index in [9.17, 15) is 15.0 Å². The van der Waals surface area contributed by atoms with Gasteiger partial charge in [0.2, 0.25) is 0 Å². The van der Waals surface area contributed by atoms with Crippen LogP contribution in [0.2, 0.25) is 0 Å². The molecule has 1 fully saturated rings. The van der Waals surface area contributed by atoms with Crippen LogP contribution in [-0.2, 0) is 6.54 Å². The van der Waals surface area contributed by atoms with Crippen LogP contribution < -0.4 is 5.56 Å². The fraction of sp³-hybridized carbons (Fsp3) is 0.429. The van der Waals surface area contributed by atoms with Crippen LogP contribution in [0.15, 0.2) is 23.3 Å². The number of likely N-dealkylation sites (tertiary alicyclic amines) is 1. The second kappa shape index (κ2) is 5.13. The number of fused-ring (bicyclic) bond motifs is 1. The van der Waals surface area contributed by atoms with E-state index in [2.05, 4.69) is 9.88 Å². The van der Waals surface area contributed by atoms with E-state index >= 15 is 0 Å². The molecule has 2 N–H and O–H groups in total. The van der Waals surface area contributed by atoms with E-state index in [1.54, 1.807) is 4.57 Å². The molecule has 1 saturated heterocycles. The summed E-state index contributed by atoms with van der Waals surface area (Å²) in [6.07, 6.45) is 3.94. The second-order valence-corrected chi connectivity index (χ2v) is 5.15. The molecule has 0 bridgehead atoms. The number of aromatic hydroxyl groups is 2. The highest BCUT2D eigenvalue weighted by Gasteiger charge is 2.12. The molecule has 6 heteroatoms. The molecule has 2 aromatic rings. The van der Waals surface area contributed by atoms with E-state index in [1.807, 2.05) is 0 Å². The monoisotopic (exact) mass is 275 g/mol. The Kier molecular flexibility index (Phi) is 3.31. The number of hydrogen-bond acceptors (Lipinski definition) is 5. The Balaban J connectivity index is 1.90. The minimum Gasteiger partial charge on any atom is -0.504 e. The summed E-state index contributed by atoms with van der Waals surface area (Å²) in [7, 11) is 0. The van der Waals surface area contributed by atoms with Crippen molar-refractivity contribution in [3.8, 4) is 11.5 Å². The van der Waals surface area contributed by atoms with Crippen LogP contribution >= 0.6 is 0 Å². The van der Waals surface area contributed by atoms with Crippen LogP contribution in [0.4, 0.5) is 0 Å². The fourth-order valence-electron chi connectivity index (χ4n) is 2.60. The van der Waals surface area contributed by atoms with E-state index in [1.165, 1.54) is 31.3 Å². The maximum absolute atomic E-state index is 12.3. The summed E-state index contributed by atoms with van der Waals surface area (Å²) in [4.78, 5) is 18.8. The Labute approximate surface area is 115 Å². The van der Waals surface area contributed by atoms with Crippen LogP contribution in [0.25, 0.3) is 10.9 Å². The first-order chi connectivity index (χ1) is 9.65. The van der Waals surface area contributed by atoms with Crippen LogP contribution in [-0.4, -0.2) is 44.3 Å². The molecule has 0 saturated carbocycles. The summed E-state index contributed by atoms with van der Waals surface area (Å²) < 4.78 is 1.55. The summed E-state index contributed by atoms with van der Waals surface area (Å²) in [5.74, 6) is -0.562. The van der Waals surface area contributed by atoms with Gasteiger partial charge in [-0.1, -0.05) is 0 Å². The summed E-state index contributed by atoms with van der Waals surface area (Å²) in [6.45, 7) is 3.59. The van der Waals surface area contributed by atoms with Gasteiger partial charge in [-0.3, -0.25) is 9.36 Å². The highest BCUT2D eigenvalue weighted by atomic mass is 16.3. The molecular weight excluding hydrogens is 258 g/mol. The summed E-state index contributed by atoms with van der Waals surface area (Å²) in [6, 6.07) is 2.57. The zero-order valence-corrected chi connectivity index (χ0v) is 11.1. The molecule has 2 heterocycles. The SMILES string of the molecule is O=c1c2cc(O)c(O)cc2ncn1CCN1CCCC1. The largest absolute Gasteiger partial charge is 0.504 e. The van der Waals surface area contributed by atoms with E-state index in [4.69, 9.17) is 0 Å². The third-order valence-corrected chi connectivity index (χ3v) is 3.78. The average molecular weight is 275 g/mol. The molecule has 0 radical (unpaired) electrons. The van der Waals surface area contributed by atoms with E-state index in [-0.39, 0.29) is 17.1 Å². The first-order valence-electron chi connectivity index (χ1n) is 6.78. The first-order valence-corrected chi connectivity index (χ1v) is 6.78. The van der Waals surface area contributed by atoms with Crippen molar-refractivity contribution in [1.29, 1.82) is 0 Å². The molecule has 20 heavy (non-hydrogen) atoms. The average Bonchev–Trinajstić information content (AvgIpc) is 2.94. The fourth-order valence-corrected chi connectivity index (χ4v) is 2.60. The molecule has 6 nitrogen and oxygen atoms in total. The van der Waals surface area contributed by atoms with Gasteiger partial charge in [0, 0.05) is 19.2 Å².